The molecule has 124 valence electrons. The standard InChI is InChI=1S/C19H27N3O/c1-13(2)18-16(19(23-4)22(3)21-18)12-20-17-11-7-9-14-8-5-6-10-15(14)17/h5-6,8,10,13,17,20H,7,9,11-12H2,1-4H3. The molecule has 1 heterocycles. The molecule has 0 radical (unpaired) electrons. The predicted molar refractivity (Wildman–Crippen MR) is 92.8 cm³/mol. The van der Waals surface area contributed by atoms with Crippen LogP contribution in [0.15, 0.2) is 24.3 Å². The molecule has 1 N–H and O–H groups in total. The van der Waals surface area contributed by atoms with Crippen molar-refractivity contribution in [3.8, 4) is 5.88 Å². The first-order valence-corrected chi connectivity index (χ1v) is 8.52. The fourth-order valence-corrected chi connectivity index (χ4v) is 3.65. The minimum atomic E-state index is 0.389. The third-order valence-electron chi connectivity index (χ3n) is 4.75. The number of hydrogen-bond donors (Lipinski definition) is 1. The topological polar surface area (TPSA) is 39.1 Å². The maximum Gasteiger partial charge on any atom is 0.216 e. The Bertz CT molecular complexity index is 675. The molecule has 0 saturated carbocycles. The summed E-state index contributed by atoms with van der Waals surface area (Å²) < 4.78 is 7.43. The molecule has 0 aliphatic heterocycles. The number of aromatic nitrogens is 2. The molecule has 0 spiro atoms. The van der Waals surface area contributed by atoms with Crippen molar-refractivity contribution in [2.24, 2.45) is 7.05 Å². The Labute approximate surface area is 138 Å². The van der Waals surface area contributed by atoms with Crippen molar-refractivity contribution in [3.63, 3.8) is 0 Å². The average Bonchev–Trinajstić information content (AvgIpc) is 2.88. The lowest BCUT2D eigenvalue weighted by Crippen LogP contribution is -2.25. The van der Waals surface area contributed by atoms with E-state index in [1.165, 1.54) is 36.0 Å². The van der Waals surface area contributed by atoms with Crippen molar-refractivity contribution in [1.29, 1.82) is 0 Å². The van der Waals surface area contributed by atoms with Crippen LogP contribution in [0.25, 0.3) is 0 Å². The van der Waals surface area contributed by atoms with Gasteiger partial charge in [-0.3, -0.25) is 0 Å². The Balaban J connectivity index is 1.82. The largest absolute Gasteiger partial charge is 0.481 e. The van der Waals surface area contributed by atoms with E-state index in [0.29, 0.717) is 12.0 Å². The number of ether oxygens (including phenoxy) is 1. The summed E-state index contributed by atoms with van der Waals surface area (Å²) in [5, 5.41) is 8.38. The first kappa shape index (κ1) is 16.1. The predicted octanol–water partition coefficient (Wildman–Crippen LogP) is 3.72. The third-order valence-corrected chi connectivity index (χ3v) is 4.75. The van der Waals surface area contributed by atoms with Gasteiger partial charge >= 0.3 is 0 Å². The highest BCUT2D eigenvalue weighted by molar-refractivity contribution is 5.35. The Kier molecular flexibility index (Phi) is 4.71. The van der Waals surface area contributed by atoms with E-state index in [1.54, 1.807) is 7.11 Å². The Morgan fingerprint density at radius 2 is 2.13 bits per heavy atom. The molecule has 4 heteroatoms. The van der Waals surface area contributed by atoms with Crippen molar-refractivity contribution in [2.45, 2.75) is 51.6 Å². The number of hydrogen-bond acceptors (Lipinski definition) is 3. The SMILES string of the molecule is COc1c(CNC2CCCc3ccccc32)c(C(C)C)nn1C. The lowest BCUT2D eigenvalue weighted by Gasteiger charge is -2.26. The van der Waals surface area contributed by atoms with Crippen molar-refractivity contribution in [1.82, 2.24) is 15.1 Å². The quantitative estimate of drug-likeness (QED) is 0.914. The molecule has 1 aromatic carbocycles. The second-order valence-corrected chi connectivity index (χ2v) is 6.68. The molecular formula is C19H27N3O. The molecular weight excluding hydrogens is 286 g/mol. The summed E-state index contributed by atoms with van der Waals surface area (Å²) in [5.74, 6) is 1.26. The molecule has 4 nitrogen and oxygen atoms in total. The first-order chi connectivity index (χ1) is 11.1. The molecule has 0 bridgehead atoms. The van der Waals surface area contributed by atoms with Gasteiger partial charge in [-0.1, -0.05) is 38.1 Å². The van der Waals surface area contributed by atoms with Crippen LogP contribution in [0.5, 0.6) is 5.88 Å². The minimum absolute atomic E-state index is 0.389. The zero-order chi connectivity index (χ0) is 16.4. The Morgan fingerprint density at radius 3 is 2.87 bits per heavy atom. The molecule has 1 aliphatic rings. The number of methoxy groups -OCH3 is 1. The van der Waals surface area contributed by atoms with Gasteiger partial charge in [0, 0.05) is 19.6 Å². The summed E-state index contributed by atoms with van der Waals surface area (Å²) in [6.07, 6.45) is 3.63. The van der Waals surface area contributed by atoms with Crippen LogP contribution in [-0.4, -0.2) is 16.9 Å². The fourth-order valence-electron chi connectivity index (χ4n) is 3.65. The lowest BCUT2D eigenvalue weighted by molar-refractivity contribution is 0.365. The minimum Gasteiger partial charge on any atom is -0.481 e. The molecule has 2 aromatic rings. The number of aryl methyl sites for hydroxylation is 2. The van der Waals surface area contributed by atoms with E-state index in [4.69, 9.17) is 4.74 Å². The first-order valence-electron chi connectivity index (χ1n) is 8.52. The summed E-state index contributed by atoms with van der Waals surface area (Å²) in [7, 11) is 3.67. The van der Waals surface area contributed by atoms with E-state index in [-0.39, 0.29) is 0 Å². The second-order valence-electron chi connectivity index (χ2n) is 6.68. The fraction of sp³-hybridized carbons (Fsp3) is 0.526. The highest BCUT2D eigenvalue weighted by Crippen LogP contribution is 2.32. The van der Waals surface area contributed by atoms with E-state index < -0.39 is 0 Å². The Hall–Kier alpha value is -1.81. The van der Waals surface area contributed by atoms with Gasteiger partial charge in [0.1, 0.15) is 0 Å². The highest BCUT2D eigenvalue weighted by atomic mass is 16.5. The van der Waals surface area contributed by atoms with Crippen LogP contribution in [0, 0.1) is 0 Å². The molecule has 1 atom stereocenters. The molecule has 0 amide bonds. The summed E-state index contributed by atoms with van der Waals surface area (Å²) in [6.45, 7) is 5.16. The molecule has 3 rings (SSSR count). The molecule has 0 saturated heterocycles. The van der Waals surface area contributed by atoms with Gasteiger partial charge in [0.15, 0.2) is 0 Å². The number of nitrogens with zero attached hydrogens (tertiary/aromatic N) is 2. The van der Waals surface area contributed by atoms with Crippen LogP contribution in [0.3, 0.4) is 0 Å². The van der Waals surface area contributed by atoms with Gasteiger partial charge < -0.3 is 10.1 Å². The average molecular weight is 313 g/mol. The van der Waals surface area contributed by atoms with Crippen LogP contribution >= 0.6 is 0 Å². The number of benzene rings is 1. The normalized spacial score (nSPS) is 17.3. The number of nitrogens with one attached hydrogen (secondary N) is 1. The summed E-state index contributed by atoms with van der Waals surface area (Å²) >= 11 is 0. The van der Waals surface area contributed by atoms with Crippen molar-refractivity contribution in [3.05, 3.63) is 46.6 Å². The number of fused-ring (bicyclic) bond motifs is 1. The van der Waals surface area contributed by atoms with E-state index in [0.717, 1.165) is 18.1 Å². The van der Waals surface area contributed by atoms with E-state index in [1.807, 2.05) is 11.7 Å². The van der Waals surface area contributed by atoms with Gasteiger partial charge in [-0.2, -0.15) is 5.10 Å². The highest BCUT2D eigenvalue weighted by Gasteiger charge is 2.23. The van der Waals surface area contributed by atoms with Gasteiger partial charge in [-0.15, -0.1) is 0 Å². The van der Waals surface area contributed by atoms with Crippen LogP contribution < -0.4 is 10.1 Å². The zero-order valence-electron chi connectivity index (χ0n) is 14.6. The van der Waals surface area contributed by atoms with Gasteiger partial charge in [0.05, 0.1) is 18.4 Å². The summed E-state index contributed by atoms with van der Waals surface area (Å²) in [6, 6.07) is 9.22. The summed E-state index contributed by atoms with van der Waals surface area (Å²) in [4.78, 5) is 0. The van der Waals surface area contributed by atoms with Crippen molar-refractivity contribution >= 4 is 0 Å². The molecule has 23 heavy (non-hydrogen) atoms. The molecule has 0 fully saturated rings. The number of rotatable bonds is 5. The van der Waals surface area contributed by atoms with Crippen LogP contribution in [-0.2, 0) is 20.0 Å². The van der Waals surface area contributed by atoms with Gasteiger partial charge in [0.2, 0.25) is 5.88 Å². The van der Waals surface area contributed by atoms with Crippen molar-refractivity contribution < 1.29 is 4.74 Å². The maximum atomic E-state index is 5.58. The van der Waals surface area contributed by atoms with E-state index in [9.17, 15) is 0 Å². The smallest absolute Gasteiger partial charge is 0.216 e. The van der Waals surface area contributed by atoms with Crippen LogP contribution in [0.1, 0.15) is 61.0 Å². The van der Waals surface area contributed by atoms with Gasteiger partial charge in [-0.05, 0) is 36.3 Å². The monoisotopic (exact) mass is 313 g/mol. The Morgan fingerprint density at radius 1 is 1.35 bits per heavy atom. The third kappa shape index (κ3) is 3.13. The second kappa shape index (κ2) is 6.75. The van der Waals surface area contributed by atoms with Crippen LogP contribution in [0.2, 0.25) is 0 Å². The maximum absolute atomic E-state index is 5.58. The molecule has 1 aromatic heterocycles. The van der Waals surface area contributed by atoms with Crippen LogP contribution in [0.4, 0.5) is 0 Å². The van der Waals surface area contributed by atoms with Gasteiger partial charge in [0.25, 0.3) is 0 Å². The van der Waals surface area contributed by atoms with Crippen molar-refractivity contribution in [2.75, 3.05) is 7.11 Å². The molecule has 1 unspecified atom stereocenters. The van der Waals surface area contributed by atoms with Gasteiger partial charge in [-0.25, -0.2) is 4.68 Å². The van der Waals surface area contributed by atoms with E-state index >= 15 is 0 Å². The summed E-state index contributed by atoms with van der Waals surface area (Å²) in [5.41, 5.74) is 5.25. The zero-order valence-corrected chi connectivity index (χ0v) is 14.6. The molecule has 1 aliphatic carbocycles. The van der Waals surface area contributed by atoms with E-state index in [2.05, 4.69) is 48.5 Å². The lowest BCUT2D eigenvalue weighted by atomic mass is 9.87.